The summed E-state index contributed by atoms with van der Waals surface area (Å²) in [5, 5.41) is 8.65. The zero-order valence-corrected chi connectivity index (χ0v) is 11.3. The van der Waals surface area contributed by atoms with Gasteiger partial charge in [0.25, 0.3) is 0 Å². The van der Waals surface area contributed by atoms with Crippen LogP contribution in [0.3, 0.4) is 0 Å². The molecule has 1 aliphatic rings. The fraction of sp³-hybridized carbons (Fsp3) is 0.929. The molecule has 0 amide bonds. The molecule has 0 aromatic carbocycles. The van der Waals surface area contributed by atoms with E-state index in [4.69, 9.17) is 10.00 Å². The van der Waals surface area contributed by atoms with Gasteiger partial charge in [-0.3, -0.25) is 0 Å². The highest BCUT2D eigenvalue weighted by molar-refractivity contribution is 4.73. The Labute approximate surface area is 106 Å². The molecule has 3 nitrogen and oxygen atoms in total. The second kappa shape index (κ2) is 8.49. The van der Waals surface area contributed by atoms with E-state index in [1.807, 2.05) is 0 Å². The highest BCUT2D eigenvalue weighted by Gasteiger charge is 2.15. The van der Waals surface area contributed by atoms with Crippen molar-refractivity contribution in [2.24, 2.45) is 5.92 Å². The van der Waals surface area contributed by atoms with Crippen molar-refractivity contribution in [3.05, 3.63) is 0 Å². The summed E-state index contributed by atoms with van der Waals surface area (Å²) in [6.07, 6.45) is 6.00. The second-order valence-electron chi connectivity index (χ2n) is 5.38. The van der Waals surface area contributed by atoms with Crippen LogP contribution in [-0.2, 0) is 4.74 Å². The van der Waals surface area contributed by atoms with E-state index in [9.17, 15) is 0 Å². The number of hydrogen-bond acceptors (Lipinski definition) is 3. The SMILES string of the molecule is CC(C)CN(CCC#N)CCCC1CCCO1. The molecule has 1 heterocycles. The molecule has 0 radical (unpaired) electrons. The van der Waals surface area contributed by atoms with E-state index in [1.54, 1.807) is 0 Å². The minimum Gasteiger partial charge on any atom is -0.378 e. The zero-order chi connectivity index (χ0) is 12.5. The predicted octanol–water partition coefficient (Wildman–Crippen LogP) is 2.82. The monoisotopic (exact) mass is 238 g/mol. The maximum atomic E-state index is 8.65. The summed E-state index contributed by atoms with van der Waals surface area (Å²) in [6, 6.07) is 2.24. The van der Waals surface area contributed by atoms with Gasteiger partial charge in [0, 0.05) is 26.1 Å². The Morgan fingerprint density at radius 3 is 2.82 bits per heavy atom. The van der Waals surface area contributed by atoms with Crippen molar-refractivity contribution in [3.8, 4) is 6.07 Å². The van der Waals surface area contributed by atoms with Gasteiger partial charge in [-0.1, -0.05) is 13.8 Å². The molecule has 17 heavy (non-hydrogen) atoms. The van der Waals surface area contributed by atoms with Crippen LogP contribution in [0.15, 0.2) is 0 Å². The Bertz CT molecular complexity index is 229. The highest BCUT2D eigenvalue weighted by Crippen LogP contribution is 2.17. The predicted molar refractivity (Wildman–Crippen MR) is 69.7 cm³/mol. The normalized spacial score (nSPS) is 20.1. The quantitative estimate of drug-likeness (QED) is 0.652. The van der Waals surface area contributed by atoms with E-state index in [0.29, 0.717) is 18.4 Å². The Morgan fingerprint density at radius 1 is 1.41 bits per heavy atom. The molecular formula is C14H26N2O. The van der Waals surface area contributed by atoms with Crippen LogP contribution >= 0.6 is 0 Å². The summed E-state index contributed by atoms with van der Waals surface area (Å²) >= 11 is 0. The highest BCUT2D eigenvalue weighted by atomic mass is 16.5. The third kappa shape index (κ3) is 6.65. The first kappa shape index (κ1) is 14.5. The van der Waals surface area contributed by atoms with Gasteiger partial charge in [0.2, 0.25) is 0 Å². The van der Waals surface area contributed by atoms with Crippen LogP contribution in [0, 0.1) is 17.2 Å². The summed E-state index contributed by atoms with van der Waals surface area (Å²) < 4.78 is 5.63. The first-order valence-corrected chi connectivity index (χ1v) is 6.93. The maximum absolute atomic E-state index is 8.65. The van der Waals surface area contributed by atoms with Crippen LogP contribution < -0.4 is 0 Å². The Kier molecular flexibility index (Phi) is 7.23. The molecule has 0 N–H and O–H groups in total. The lowest BCUT2D eigenvalue weighted by Crippen LogP contribution is -2.30. The van der Waals surface area contributed by atoms with E-state index in [2.05, 4.69) is 24.8 Å². The Balaban J connectivity index is 2.15. The van der Waals surface area contributed by atoms with Gasteiger partial charge < -0.3 is 9.64 Å². The molecule has 0 bridgehead atoms. The molecule has 0 spiro atoms. The van der Waals surface area contributed by atoms with E-state index in [-0.39, 0.29) is 0 Å². The molecule has 1 atom stereocenters. The molecule has 0 aromatic rings. The Hall–Kier alpha value is -0.590. The number of hydrogen-bond donors (Lipinski definition) is 0. The van der Waals surface area contributed by atoms with Gasteiger partial charge in [0.15, 0.2) is 0 Å². The average Bonchev–Trinajstić information content (AvgIpc) is 2.78. The lowest BCUT2D eigenvalue weighted by molar-refractivity contribution is 0.0982. The third-order valence-electron chi connectivity index (χ3n) is 3.19. The van der Waals surface area contributed by atoms with Gasteiger partial charge >= 0.3 is 0 Å². The number of ether oxygens (including phenoxy) is 1. The van der Waals surface area contributed by atoms with Crippen molar-refractivity contribution in [3.63, 3.8) is 0 Å². The fourth-order valence-electron chi connectivity index (χ4n) is 2.43. The van der Waals surface area contributed by atoms with Crippen LogP contribution in [0.1, 0.15) is 46.0 Å². The summed E-state index contributed by atoms with van der Waals surface area (Å²) in [4.78, 5) is 2.42. The number of nitrogens with zero attached hydrogens (tertiary/aromatic N) is 2. The molecule has 1 saturated heterocycles. The van der Waals surface area contributed by atoms with E-state index >= 15 is 0 Å². The van der Waals surface area contributed by atoms with Crippen LogP contribution in [0.2, 0.25) is 0 Å². The smallest absolute Gasteiger partial charge is 0.0635 e. The molecule has 1 rings (SSSR count). The van der Waals surface area contributed by atoms with E-state index < -0.39 is 0 Å². The zero-order valence-electron chi connectivity index (χ0n) is 11.3. The van der Waals surface area contributed by atoms with Crippen LogP contribution in [-0.4, -0.2) is 37.2 Å². The topological polar surface area (TPSA) is 36.3 Å². The van der Waals surface area contributed by atoms with Gasteiger partial charge in [-0.25, -0.2) is 0 Å². The fourth-order valence-corrected chi connectivity index (χ4v) is 2.43. The van der Waals surface area contributed by atoms with Gasteiger partial charge in [0.05, 0.1) is 12.2 Å². The van der Waals surface area contributed by atoms with E-state index in [1.165, 1.54) is 25.7 Å². The molecular weight excluding hydrogens is 212 g/mol. The van der Waals surface area contributed by atoms with Crippen molar-refractivity contribution in [2.75, 3.05) is 26.2 Å². The van der Waals surface area contributed by atoms with Crippen molar-refractivity contribution in [2.45, 2.75) is 52.1 Å². The molecule has 1 fully saturated rings. The van der Waals surface area contributed by atoms with Crippen molar-refractivity contribution < 1.29 is 4.74 Å². The average molecular weight is 238 g/mol. The number of nitriles is 1. The standard InChI is InChI=1S/C14H26N2O/c1-13(2)12-16(10-5-8-15)9-3-6-14-7-4-11-17-14/h13-14H,3-7,9-12H2,1-2H3. The molecule has 3 heteroatoms. The van der Waals surface area contributed by atoms with Crippen molar-refractivity contribution >= 4 is 0 Å². The van der Waals surface area contributed by atoms with Crippen LogP contribution in [0.4, 0.5) is 0 Å². The minimum atomic E-state index is 0.506. The first-order chi connectivity index (χ1) is 8.22. The molecule has 0 aromatic heterocycles. The van der Waals surface area contributed by atoms with E-state index in [0.717, 1.165) is 26.2 Å². The maximum Gasteiger partial charge on any atom is 0.0635 e. The van der Waals surface area contributed by atoms with Crippen LogP contribution in [0.25, 0.3) is 0 Å². The lowest BCUT2D eigenvalue weighted by Gasteiger charge is -2.23. The lowest BCUT2D eigenvalue weighted by atomic mass is 10.1. The molecule has 98 valence electrons. The molecule has 1 aliphatic heterocycles. The van der Waals surface area contributed by atoms with Gasteiger partial charge in [-0.05, 0) is 38.1 Å². The van der Waals surface area contributed by atoms with Gasteiger partial charge in [-0.15, -0.1) is 0 Å². The molecule has 1 unspecified atom stereocenters. The Morgan fingerprint density at radius 2 is 2.24 bits per heavy atom. The van der Waals surface area contributed by atoms with Gasteiger partial charge in [0.1, 0.15) is 0 Å². The molecule has 0 saturated carbocycles. The molecule has 0 aliphatic carbocycles. The largest absolute Gasteiger partial charge is 0.378 e. The summed E-state index contributed by atoms with van der Waals surface area (Å²) in [6.45, 7) is 8.56. The first-order valence-electron chi connectivity index (χ1n) is 6.93. The number of rotatable bonds is 8. The summed E-state index contributed by atoms with van der Waals surface area (Å²) in [7, 11) is 0. The van der Waals surface area contributed by atoms with Crippen molar-refractivity contribution in [1.29, 1.82) is 5.26 Å². The van der Waals surface area contributed by atoms with Crippen molar-refractivity contribution in [1.82, 2.24) is 4.90 Å². The van der Waals surface area contributed by atoms with Gasteiger partial charge in [-0.2, -0.15) is 5.26 Å². The van der Waals surface area contributed by atoms with Crippen LogP contribution in [0.5, 0.6) is 0 Å². The summed E-state index contributed by atoms with van der Waals surface area (Å²) in [5.41, 5.74) is 0. The second-order valence-corrected chi connectivity index (χ2v) is 5.38. The summed E-state index contributed by atoms with van der Waals surface area (Å²) in [5.74, 6) is 0.677. The third-order valence-corrected chi connectivity index (χ3v) is 3.19. The minimum absolute atomic E-state index is 0.506.